The van der Waals surface area contributed by atoms with Crippen molar-refractivity contribution < 1.29 is 13.2 Å². The van der Waals surface area contributed by atoms with Crippen molar-refractivity contribution in [3.8, 4) is 23.1 Å². The van der Waals surface area contributed by atoms with E-state index in [4.69, 9.17) is 4.74 Å². The summed E-state index contributed by atoms with van der Waals surface area (Å²) in [6, 6.07) is 14.8. The van der Waals surface area contributed by atoms with Crippen molar-refractivity contribution in [3.63, 3.8) is 0 Å². The standard InChI is InChI=1S/C21H19N3O3S/c1-3-24-20-12-16(27-2)8-11-18(20)19(13-22)21(24)14-4-6-15(7-5-14)23-28(25,26)17-9-10-17/h3-8,11-12,17,23H,1,9-10H2,2H3. The van der Waals surface area contributed by atoms with Crippen LogP contribution in [0.4, 0.5) is 5.69 Å². The Morgan fingerprint density at radius 1 is 1.25 bits per heavy atom. The molecule has 6 nitrogen and oxygen atoms in total. The number of benzene rings is 2. The molecular formula is C21H19N3O3S. The van der Waals surface area contributed by atoms with E-state index in [1.165, 1.54) is 0 Å². The fourth-order valence-corrected chi connectivity index (χ4v) is 4.71. The molecule has 1 N–H and O–H groups in total. The summed E-state index contributed by atoms with van der Waals surface area (Å²) >= 11 is 0. The van der Waals surface area contributed by atoms with Crippen LogP contribution in [0.1, 0.15) is 18.4 Å². The molecule has 4 rings (SSSR count). The highest BCUT2D eigenvalue weighted by Crippen LogP contribution is 2.36. The van der Waals surface area contributed by atoms with Crippen LogP contribution >= 0.6 is 0 Å². The molecule has 28 heavy (non-hydrogen) atoms. The van der Waals surface area contributed by atoms with Crippen molar-refractivity contribution in [2.75, 3.05) is 11.8 Å². The number of aromatic nitrogens is 1. The lowest BCUT2D eigenvalue weighted by Gasteiger charge is -2.09. The summed E-state index contributed by atoms with van der Waals surface area (Å²) in [5.41, 5.74) is 3.36. The molecule has 7 heteroatoms. The molecule has 0 unspecified atom stereocenters. The molecule has 1 aliphatic rings. The molecule has 0 radical (unpaired) electrons. The van der Waals surface area contributed by atoms with Crippen LogP contribution in [0.2, 0.25) is 0 Å². The predicted octanol–water partition coefficient (Wildman–Crippen LogP) is 4.19. The third kappa shape index (κ3) is 3.02. The topological polar surface area (TPSA) is 84.1 Å². The number of hydrogen-bond acceptors (Lipinski definition) is 4. The molecule has 0 spiro atoms. The first-order valence-corrected chi connectivity index (χ1v) is 10.4. The van der Waals surface area contributed by atoms with Crippen LogP contribution in [0.5, 0.6) is 5.75 Å². The molecule has 1 fully saturated rings. The summed E-state index contributed by atoms with van der Waals surface area (Å²) < 4.78 is 34.0. The van der Waals surface area contributed by atoms with Gasteiger partial charge in [0.1, 0.15) is 11.8 Å². The number of sulfonamides is 1. The molecular weight excluding hydrogens is 374 g/mol. The molecule has 2 aromatic carbocycles. The average molecular weight is 393 g/mol. The van der Waals surface area contributed by atoms with Crippen LogP contribution in [0.3, 0.4) is 0 Å². The molecule has 1 aromatic heterocycles. The van der Waals surface area contributed by atoms with Crippen molar-refractivity contribution in [1.29, 1.82) is 5.26 Å². The van der Waals surface area contributed by atoms with Crippen LogP contribution < -0.4 is 9.46 Å². The number of methoxy groups -OCH3 is 1. The van der Waals surface area contributed by atoms with Crippen molar-refractivity contribution >= 4 is 32.8 Å². The predicted molar refractivity (Wildman–Crippen MR) is 111 cm³/mol. The average Bonchev–Trinajstić information content (AvgIpc) is 3.51. The lowest BCUT2D eigenvalue weighted by Crippen LogP contribution is -2.17. The maximum Gasteiger partial charge on any atom is 0.235 e. The number of fused-ring (bicyclic) bond motifs is 1. The van der Waals surface area contributed by atoms with Crippen molar-refractivity contribution in [2.24, 2.45) is 0 Å². The van der Waals surface area contributed by atoms with Gasteiger partial charge < -0.3 is 9.30 Å². The Kier molecular flexibility index (Phi) is 4.36. The SMILES string of the molecule is C=Cn1c(-c2ccc(NS(=O)(=O)C3CC3)cc2)c(C#N)c2ccc(OC)cc21. The second kappa shape index (κ2) is 6.73. The Hall–Kier alpha value is -3.24. The normalized spacial score (nSPS) is 13.9. The lowest BCUT2D eigenvalue weighted by molar-refractivity contribution is 0.415. The fraction of sp³-hybridized carbons (Fsp3) is 0.190. The third-order valence-corrected chi connectivity index (χ3v) is 6.76. The monoisotopic (exact) mass is 393 g/mol. The van der Waals surface area contributed by atoms with Gasteiger partial charge in [-0.15, -0.1) is 0 Å². The Morgan fingerprint density at radius 2 is 1.96 bits per heavy atom. The zero-order valence-electron chi connectivity index (χ0n) is 15.3. The highest BCUT2D eigenvalue weighted by atomic mass is 32.2. The smallest absolute Gasteiger partial charge is 0.235 e. The van der Waals surface area contributed by atoms with Crippen LogP contribution in [0, 0.1) is 11.3 Å². The Labute approximate surface area is 163 Å². The summed E-state index contributed by atoms with van der Waals surface area (Å²) in [6.45, 7) is 3.88. The Morgan fingerprint density at radius 3 is 2.54 bits per heavy atom. The van der Waals surface area contributed by atoms with Gasteiger partial charge in [0.2, 0.25) is 10.0 Å². The van der Waals surface area contributed by atoms with E-state index < -0.39 is 10.0 Å². The number of nitrogens with one attached hydrogen (secondary N) is 1. The summed E-state index contributed by atoms with van der Waals surface area (Å²) in [6.07, 6.45) is 3.07. The van der Waals surface area contributed by atoms with Gasteiger partial charge in [0, 0.05) is 28.9 Å². The fourth-order valence-electron chi connectivity index (χ4n) is 3.33. The van der Waals surface area contributed by atoms with E-state index in [1.807, 2.05) is 22.8 Å². The van der Waals surface area contributed by atoms with Gasteiger partial charge in [0.25, 0.3) is 0 Å². The Bertz CT molecular complexity index is 1210. The first-order valence-electron chi connectivity index (χ1n) is 8.85. The van der Waals surface area contributed by atoms with Crippen molar-refractivity contribution in [1.82, 2.24) is 4.57 Å². The third-order valence-electron chi connectivity index (χ3n) is 4.89. The molecule has 0 saturated heterocycles. The van der Waals surface area contributed by atoms with Gasteiger partial charge in [-0.3, -0.25) is 4.72 Å². The maximum atomic E-state index is 12.1. The summed E-state index contributed by atoms with van der Waals surface area (Å²) in [7, 11) is -1.72. The van der Waals surface area contributed by atoms with E-state index >= 15 is 0 Å². The van der Waals surface area contributed by atoms with E-state index in [2.05, 4.69) is 17.4 Å². The first-order chi connectivity index (χ1) is 13.5. The number of rotatable bonds is 6. The highest BCUT2D eigenvalue weighted by Gasteiger charge is 2.35. The number of anilines is 1. The minimum Gasteiger partial charge on any atom is -0.497 e. The molecule has 0 amide bonds. The van der Waals surface area contributed by atoms with Gasteiger partial charge in [-0.1, -0.05) is 18.7 Å². The second-order valence-electron chi connectivity index (χ2n) is 6.69. The van der Waals surface area contributed by atoms with Gasteiger partial charge >= 0.3 is 0 Å². The van der Waals surface area contributed by atoms with Crippen LogP contribution in [0.25, 0.3) is 28.4 Å². The molecule has 142 valence electrons. The van der Waals surface area contributed by atoms with Gasteiger partial charge in [0.05, 0.1) is 29.1 Å². The molecule has 1 aliphatic carbocycles. The molecule has 1 saturated carbocycles. The van der Waals surface area contributed by atoms with Gasteiger partial charge in [0.15, 0.2) is 0 Å². The van der Waals surface area contributed by atoms with E-state index in [-0.39, 0.29) is 5.25 Å². The van der Waals surface area contributed by atoms with Crippen LogP contribution in [0.15, 0.2) is 49.0 Å². The summed E-state index contributed by atoms with van der Waals surface area (Å²) in [5, 5.41) is 10.3. The first kappa shape index (κ1) is 18.1. The van der Waals surface area contributed by atoms with E-state index in [9.17, 15) is 13.7 Å². The molecule has 0 atom stereocenters. The van der Waals surface area contributed by atoms with E-state index in [0.29, 0.717) is 35.5 Å². The minimum atomic E-state index is -3.31. The number of hydrogen-bond donors (Lipinski definition) is 1. The zero-order valence-corrected chi connectivity index (χ0v) is 16.2. The molecule has 0 aliphatic heterocycles. The zero-order chi connectivity index (χ0) is 19.9. The number of nitrogens with zero attached hydrogens (tertiary/aromatic N) is 2. The van der Waals surface area contributed by atoms with Crippen molar-refractivity contribution in [2.45, 2.75) is 18.1 Å². The molecule has 0 bridgehead atoms. The number of ether oxygens (including phenoxy) is 1. The van der Waals surface area contributed by atoms with E-state index in [1.54, 1.807) is 37.6 Å². The highest BCUT2D eigenvalue weighted by molar-refractivity contribution is 7.93. The minimum absolute atomic E-state index is 0.282. The molecule has 1 heterocycles. The largest absolute Gasteiger partial charge is 0.497 e. The Balaban J connectivity index is 1.80. The van der Waals surface area contributed by atoms with Gasteiger partial charge in [-0.25, -0.2) is 8.42 Å². The molecule has 3 aromatic rings. The quantitative estimate of drug-likeness (QED) is 0.680. The van der Waals surface area contributed by atoms with Crippen molar-refractivity contribution in [3.05, 3.63) is 54.6 Å². The number of nitriles is 1. The van der Waals surface area contributed by atoms with Crippen LogP contribution in [-0.4, -0.2) is 25.3 Å². The summed E-state index contributed by atoms with van der Waals surface area (Å²) in [4.78, 5) is 0. The summed E-state index contributed by atoms with van der Waals surface area (Å²) in [5.74, 6) is 0.689. The van der Waals surface area contributed by atoms with Crippen LogP contribution in [-0.2, 0) is 10.0 Å². The second-order valence-corrected chi connectivity index (χ2v) is 8.66. The van der Waals surface area contributed by atoms with E-state index in [0.717, 1.165) is 16.5 Å². The lowest BCUT2D eigenvalue weighted by atomic mass is 10.1. The van der Waals surface area contributed by atoms with Gasteiger partial charge in [-0.05, 0) is 37.1 Å². The van der Waals surface area contributed by atoms with Gasteiger partial charge in [-0.2, -0.15) is 5.26 Å². The maximum absolute atomic E-state index is 12.1.